The number of hydrogen-bond donors (Lipinski definition) is 0. The Kier molecular flexibility index (Phi) is 14.9. The summed E-state index contributed by atoms with van der Waals surface area (Å²) in [6, 6.07) is 141. The van der Waals surface area contributed by atoms with Crippen LogP contribution in [0.5, 0.6) is 0 Å². The molecule has 0 spiro atoms. The summed E-state index contributed by atoms with van der Waals surface area (Å²) in [5.41, 5.74) is 16.8. The highest BCUT2D eigenvalue weighted by atomic mass is 28.3. The molecule has 0 aliphatic rings. The fourth-order valence-corrected chi connectivity index (χ4v) is 22.8. The molecule has 0 atom stereocenters. The average Bonchev–Trinajstić information content (AvgIpc) is 0.804. The molecule has 0 amide bonds. The first kappa shape index (κ1) is 53.5. The van der Waals surface area contributed by atoms with E-state index in [0.717, 1.165) is 0 Å². The van der Waals surface area contributed by atoms with E-state index in [0.29, 0.717) is 0 Å². The molecule has 86 heavy (non-hydrogen) atoms. The van der Waals surface area contributed by atoms with Gasteiger partial charge in [-0.25, -0.2) is 0 Å². The monoisotopic (exact) mass is 1130 g/mol. The molecule has 0 heterocycles. The lowest BCUT2D eigenvalue weighted by atomic mass is 10.1. The van der Waals surface area contributed by atoms with Crippen LogP contribution in [-0.2, 0) is 0 Å². The molecule has 406 valence electrons. The third-order valence-electron chi connectivity index (χ3n) is 17.4. The largest absolute Gasteiger partial charge is 0.179 e. The predicted octanol–water partition coefficient (Wildman–Crippen LogP) is 16.1. The van der Waals surface area contributed by atoms with E-state index in [-0.39, 0.29) is 0 Å². The summed E-state index contributed by atoms with van der Waals surface area (Å²) in [4.78, 5) is 0. The quantitative estimate of drug-likeness (QED) is 0.0709. The molecule has 14 aromatic carbocycles. The summed E-state index contributed by atoms with van der Waals surface area (Å²) in [5, 5.41) is 10.6. The Morgan fingerprint density at radius 3 is 0.430 bits per heavy atom. The molecule has 0 radical (unpaired) electrons. The van der Waals surface area contributed by atoms with Crippen LogP contribution < -0.4 is 41.5 Å². The lowest BCUT2D eigenvalue weighted by Gasteiger charge is -2.36. The fourth-order valence-electron chi connectivity index (χ4n) is 13.2. The first-order chi connectivity index (χ1) is 42.6. The Morgan fingerprint density at radius 2 is 0.256 bits per heavy atom. The normalized spacial score (nSPS) is 11.5. The summed E-state index contributed by atoms with van der Waals surface area (Å²) in [5.74, 6) is 0. The van der Waals surface area contributed by atoms with Gasteiger partial charge in [0.25, 0.3) is 0 Å². The minimum Gasteiger partial charge on any atom is -0.0622 e. The summed E-state index contributed by atoms with van der Waals surface area (Å²) in [7, 11) is -6.29. The minimum absolute atomic E-state index is 1.17. The highest BCUT2D eigenvalue weighted by Gasteiger charge is 2.44. The maximum atomic E-state index is 2.48. The van der Waals surface area contributed by atoms with Crippen LogP contribution in [0.2, 0.25) is 0 Å². The number of rotatable bonds is 15. The van der Waals surface area contributed by atoms with E-state index >= 15 is 0 Å². The smallest absolute Gasteiger partial charge is 0.0622 e. The molecule has 14 rings (SSSR count). The van der Waals surface area contributed by atoms with Crippen molar-refractivity contribution in [3.8, 4) is 77.9 Å². The third-order valence-corrected chi connectivity index (χ3v) is 26.8. The highest BCUT2D eigenvalue weighted by molar-refractivity contribution is 7.20. The van der Waals surface area contributed by atoms with E-state index in [2.05, 4.69) is 376 Å². The molecule has 0 aromatic heterocycles. The molecular weight excluding hydrogens is 1070 g/mol. The molecular formula is C84H62Si2. The zero-order valence-electron chi connectivity index (χ0n) is 47.8. The van der Waals surface area contributed by atoms with Crippen molar-refractivity contribution >= 4 is 57.6 Å². The summed E-state index contributed by atoms with van der Waals surface area (Å²) >= 11 is 0. The molecule has 0 aliphatic heterocycles. The zero-order chi connectivity index (χ0) is 57.5. The molecule has 14 aromatic rings. The van der Waals surface area contributed by atoms with Crippen molar-refractivity contribution < 1.29 is 0 Å². The van der Waals surface area contributed by atoms with Gasteiger partial charge in [0.2, 0.25) is 0 Å². The molecule has 0 N–H and O–H groups in total. The summed E-state index contributed by atoms with van der Waals surface area (Å²) in [6.45, 7) is 0. The second-order valence-corrected chi connectivity index (χ2v) is 30.0. The minimum atomic E-state index is -3.15. The van der Waals surface area contributed by atoms with Crippen LogP contribution in [0.3, 0.4) is 0 Å². The van der Waals surface area contributed by atoms with Crippen LogP contribution in [0.4, 0.5) is 0 Å². The van der Waals surface area contributed by atoms with Crippen LogP contribution in [-0.4, -0.2) is 16.1 Å². The second-order valence-electron chi connectivity index (χ2n) is 22.3. The summed E-state index contributed by atoms with van der Waals surface area (Å²) < 4.78 is 0. The van der Waals surface area contributed by atoms with Crippen LogP contribution in [0.25, 0.3) is 77.9 Å². The summed E-state index contributed by atoms with van der Waals surface area (Å²) in [6.07, 6.45) is 0. The molecule has 2 heteroatoms. The van der Waals surface area contributed by atoms with Crippen LogP contribution in [0, 0.1) is 0 Å². The Balaban J connectivity index is 0.964. The van der Waals surface area contributed by atoms with Crippen molar-refractivity contribution in [3.05, 3.63) is 376 Å². The van der Waals surface area contributed by atoms with Crippen molar-refractivity contribution in [1.29, 1.82) is 0 Å². The van der Waals surface area contributed by atoms with Gasteiger partial charge in [-0.2, -0.15) is 0 Å². The molecule has 0 unspecified atom stereocenters. The maximum absolute atomic E-state index is 3.15. The van der Waals surface area contributed by atoms with Gasteiger partial charge in [-0.1, -0.05) is 376 Å². The molecule has 0 saturated heterocycles. The van der Waals surface area contributed by atoms with E-state index in [1.807, 2.05) is 0 Å². The topological polar surface area (TPSA) is 0 Å². The number of benzene rings is 14. The Labute approximate surface area is 508 Å². The van der Waals surface area contributed by atoms with Gasteiger partial charge in [-0.3, -0.25) is 0 Å². The van der Waals surface area contributed by atoms with Gasteiger partial charge in [0.1, 0.15) is 0 Å². The van der Waals surface area contributed by atoms with E-state index < -0.39 is 16.1 Å². The van der Waals surface area contributed by atoms with Gasteiger partial charge in [0, 0.05) is 0 Å². The zero-order valence-corrected chi connectivity index (χ0v) is 49.8. The highest BCUT2D eigenvalue weighted by Crippen LogP contribution is 2.29. The van der Waals surface area contributed by atoms with Crippen molar-refractivity contribution in [3.63, 3.8) is 0 Å². The van der Waals surface area contributed by atoms with Gasteiger partial charge in [-0.05, 0) is 119 Å². The van der Waals surface area contributed by atoms with Crippen LogP contribution in [0.1, 0.15) is 0 Å². The second kappa shape index (κ2) is 24.0. The number of hydrogen-bond acceptors (Lipinski definition) is 0. The van der Waals surface area contributed by atoms with Crippen LogP contribution in [0.15, 0.2) is 376 Å². The first-order valence-corrected chi connectivity index (χ1v) is 33.8. The Hall–Kier alpha value is -10.5. The predicted molar refractivity (Wildman–Crippen MR) is 372 cm³/mol. The van der Waals surface area contributed by atoms with Crippen molar-refractivity contribution in [2.75, 3.05) is 0 Å². The standard InChI is InChI=1S/C84H62Si2/c1-7-25-63(26-8-1)71-37-19-43-79(57-71)85(80-44-20-38-72(58-80)64-27-9-2-10-28-64,81-45-21-39-73(59-81)65-29-11-3-12-30-65)77-53-49-69(50-54-77)70-51-55-78(56-52-70)86(82-46-22-40-74(60-82)66-31-13-4-14-32-66,83-47-23-41-75(61-83)67-33-15-5-16-34-67)84-48-24-42-76(62-84)68-35-17-6-18-36-68/h1-62H. The van der Waals surface area contributed by atoms with Crippen molar-refractivity contribution in [1.82, 2.24) is 0 Å². The molecule has 0 saturated carbocycles. The molecule has 0 bridgehead atoms. The SMILES string of the molecule is c1ccc(-c2cccc([Si](c3ccc(-c4ccc([Si](c5cccc(-c6ccccc6)c5)(c5cccc(-c6ccccc6)c5)c5cccc(-c6ccccc6)c5)cc4)cc3)(c3cccc(-c4ccccc4)c3)c3cccc(-c4ccccc4)c3)c2)cc1. The van der Waals surface area contributed by atoms with E-state index in [9.17, 15) is 0 Å². The van der Waals surface area contributed by atoms with Crippen molar-refractivity contribution in [2.45, 2.75) is 0 Å². The van der Waals surface area contributed by atoms with Gasteiger partial charge < -0.3 is 0 Å². The fraction of sp³-hybridized carbons (Fsp3) is 0. The van der Waals surface area contributed by atoms with Gasteiger partial charge >= 0.3 is 0 Å². The van der Waals surface area contributed by atoms with E-state index in [4.69, 9.17) is 0 Å². The Morgan fingerprint density at radius 1 is 0.105 bits per heavy atom. The van der Waals surface area contributed by atoms with Gasteiger partial charge in [-0.15, -0.1) is 0 Å². The third kappa shape index (κ3) is 10.3. The Bertz CT molecular complexity index is 3880. The average molecular weight is 1130 g/mol. The maximum Gasteiger partial charge on any atom is 0.179 e. The van der Waals surface area contributed by atoms with E-state index in [1.165, 1.54) is 119 Å². The van der Waals surface area contributed by atoms with Crippen molar-refractivity contribution in [2.24, 2.45) is 0 Å². The lowest BCUT2D eigenvalue weighted by molar-refractivity contribution is 1.59. The lowest BCUT2D eigenvalue weighted by Crippen LogP contribution is -2.74. The van der Waals surface area contributed by atoms with Gasteiger partial charge in [0.15, 0.2) is 16.1 Å². The van der Waals surface area contributed by atoms with Crippen LogP contribution >= 0.6 is 0 Å². The van der Waals surface area contributed by atoms with Gasteiger partial charge in [0.05, 0.1) is 0 Å². The molecule has 0 aliphatic carbocycles. The van der Waals surface area contributed by atoms with E-state index in [1.54, 1.807) is 0 Å². The molecule has 0 fully saturated rings. The molecule has 0 nitrogen and oxygen atoms in total. The first-order valence-electron chi connectivity index (χ1n) is 29.8.